The summed E-state index contributed by atoms with van der Waals surface area (Å²) in [7, 11) is 1.11. The van der Waals surface area contributed by atoms with E-state index in [0.717, 1.165) is 26.4 Å². The van der Waals surface area contributed by atoms with Crippen LogP contribution >= 0.6 is 0 Å². The van der Waals surface area contributed by atoms with Gasteiger partial charge >= 0.3 is 5.97 Å². The number of anilines is 1. The molecule has 20 heavy (non-hydrogen) atoms. The number of methoxy groups -OCH3 is 1. The number of carbonyl (C=O) groups is 1. The van der Waals surface area contributed by atoms with Crippen molar-refractivity contribution in [1.29, 1.82) is 0 Å². The highest BCUT2D eigenvalue weighted by Gasteiger charge is 2.28. The monoisotopic (exact) mass is 285 g/mol. The Kier molecular flexibility index (Phi) is 4.54. The van der Waals surface area contributed by atoms with E-state index in [2.05, 4.69) is 10.1 Å². The lowest BCUT2D eigenvalue weighted by molar-refractivity contribution is 0.0594. The number of hydrogen-bond acceptors (Lipinski definition) is 4. The molecule has 1 aliphatic rings. The highest BCUT2D eigenvalue weighted by atomic mass is 19.2. The van der Waals surface area contributed by atoms with Gasteiger partial charge in [0.25, 0.3) is 0 Å². The molecule has 6 heteroatoms. The summed E-state index contributed by atoms with van der Waals surface area (Å²) in [5.41, 5.74) is -0.429. The number of aliphatic hydroxyl groups is 1. The first-order valence-corrected chi connectivity index (χ1v) is 6.52. The van der Waals surface area contributed by atoms with Crippen molar-refractivity contribution in [3.8, 4) is 0 Å². The van der Waals surface area contributed by atoms with E-state index < -0.39 is 23.2 Å². The zero-order valence-electron chi connectivity index (χ0n) is 11.2. The summed E-state index contributed by atoms with van der Waals surface area (Å²) < 4.78 is 32.1. The minimum atomic E-state index is -1.22. The molecule has 110 valence electrons. The summed E-state index contributed by atoms with van der Waals surface area (Å²) in [6.07, 6.45) is 2.59. The van der Waals surface area contributed by atoms with Gasteiger partial charge in [-0.25, -0.2) is 13.6 Å². The number of aliphatic hydroxyl groups excluding tert-OH is 1. The molecule has 1 fully saturated rings. The number of carbonyl (C=O) groups excluding carboxylic acids is 1. The van der Waals surface area contributed by atoms with Gasteiger partial charge in [-0.05, 0) is 25.0 Å². The van der Waals surface area contributed by atoms with Crippen LogP contribution in [0.5, 0.6) is 0 Å². The van der Waals surface area contributed by atoms with Crippen LogP contribution in [0.4, 0.5) is 14.5 Å². The molecule has 1 aliphatic carbocycles. The predicted octanol–water partition coefficient (Wildman–Crippen LogP) is 2.32. The Morgan fingerprint density at radius 3 is 2.80 bits per heavy atom. The van der Waals surface area contributed by atoms with Crippen LogP contribution in [0.3, 0.4) is 0 Å². The summed E-state index contributed by atoms with van der Waals surface area (Å²) in [5.74, 6) is -3.20. The van der Waals surface area contributed by atoms with E-state index >= 15 is 0 Å². The summed E-state index contributed by atoms with van der Waals surface area (Å²) in [6, 6.07) is 2.42. The third kappa shape index (κ3) is 2.75. The van der Waals surface area contributed by atoms with Crippen molar-refractivity contribution in [2.75, 3.05) is 19.0 Å². The number of rotatable bonds is 4. The van der Waals surface area contributed by atoms with Gasteiger partial charge in [-0.3, -0.25) is 0 Å². The Hall–Kier alpha value is -1.69. The Balaban J connectivity index is 2.21. The van der Waals surface area contributed by atoms with Crippen LogP contribution in [0.15, 0.2) is 12.1 Å². The zero-order chi connectivity index (χ0) is 14.7. The summed E-state index contributed by atoms with van der Waals surface area (Å²) >= 11 is 0. The Labute approximate surface area is 115 Å². The van der Waals surface area contributed by atoms with E-state index in [1.54, 1.807) is 0 Å². The second-order valence-electron chi connectivity index (χ2n) is 4.90. The van der Waals surface area contributed by atoms with Crippen molar-refractivity contribution >= 4 is 11.7 Å². The molecule has 0 aliphatic heterocycles. The maximum atomic E-state index is 13.9. The predicted molar refractivity (Wildman–Crippen MR) is 69.5 cm³/mol. The second-order valence-corrected chi connectivity index (χ2v) is 4.90. The Morgan fingerprint density at radius 1 is 1.40 bits per heavy atom. The van der Waals surface area contributed by atoms with Gasteiger partial charge in [0.05, 0.1) is 18.4 Å². The first-order chi connectivity index (χ1) is 9.58. The number of esters is 1. The number of hydrogen-bond donors (Lipinski definition) is 2. The van der Waals surface area contributed by atoms with E-state index in [9.17, 15) is 18.7 Å². The van der Waals surface area contributed by atoms with Crippen molar-refractivity contribution < 1.29 is 23.4 Å². The van der Waals surface area contributed by atoms with Gasteiger partial charge in [0.15, 0.2) is 11.6 Å². The van der Waals surface area contributed by atoms with E-state index in [1.807, 2.05) is 0 Å². The fourth-order valence-electron chi connectivity index (χ4n) is 2.57. The molecule has 2 rings (SSSR count). The molecule has 0 saturated heterocycles. The second kappa shape index (κ2) is 6.17. The topological polar surface area (TPSA) is 58.6 Å². The standard InChI is InChI=1S/C14H17F2NO3/c1-20-14(19)9-5-6-11(13(16)12(9)15)17-10-4-2-3-8(10)7-18/h5-6,8,10,17-18H,2-4,7H2,1H3. The fourth-order valence-corrected chi connectivity index (χ4v) is 2.57. The van der Waals surface area contributed by atoms with E-state index in [1.165, 1.54) is 12.1 Å². The van der Waals surface area contributed by atoms with Crippen LogP contribution in [-0.2, 0) is 4.74 Å². The van der Waals surface area contributed by atoms with E-state index in [4.69, 9.17) is 0 Å². The Morgan fingerprint density at radius 2 is 2.15 bits per heavy atom. The minimum Gasteiger partial charge on any atom is -0.465 e. The molecular weight excluding hydrogens is 268 g/mol. The number of ether oxygens (including phenoxy) is 1. The summed E-state index contributed by atoms with van der Waals surface area (Å²) in [6.45, 7) is 0.0159. The SMILES string of the molecule is COC(=O)c1ccc(NC2CCCC2CO)c(F)c1F. The van der Waals surface area contributed by atoms with Gasteiger partial charge in [-0.2, -0.15) is 0 Å². The molecule has 0 amide bonds. The molecule has 0 bridgehead atoms. The average molecular weight is 285 g/mol. The maximum absolute atomic E-state index is 13.9. The van der Waals surface area contributed by atoms with E-state index in [0.29, 0.717) is 0 Å². The molecule has 0 aromatic heterocycles. The van der Waals surface area contributed by atoms with Crippen molar-refractivity contribution in [1.82, 2.24) is 0 Å². The third-order valence-corrected chi connectivity index (χ3v) is 3.72. The van der Waals surface area contributed by atoms with Crippen molar-refractivity contribution in [2.24, 2.45) is 5.92 Å². The van der Waals surface area contributed by atoms with Gasteiger partial charge in [0.2, 0.25) is 0 Å². The summed E-state index contributed by atoms with van der Waals surface area (Å²) in [4.78, 5) is 11.3. The first-order valence-electron chi connectivity index (χ1n) is 6.52. The third-order valence-electron chi connectivity index (χ3n) is 3.72. The van der Waals surface area contributed by atoms with Gasteiger partial charge in [0.1, 0.15) is 0 Å². The van der Waals surface area contributed by atoms with Crippen LogP contribution in [0, 0.1) is 17.6 Å². The molecule has 0 heterocycles. The van der Waals surface area contributed by atoms with Crippen LogP contribution in [-0.4, -0.2) is 30.8 Å². The number of halogens is 2. The molecule has 2 atom stereocenters. The van der Waals surface area contributed by atoms with Crippen molar-refractivity contribution in [3.63, 3.8) is 0 Å². The van der Waals surface area contributed by atoms with Gasteiger partial charge < -0.3 is 15.2 Å². The molecule has 2 unspecified atom stereocenters. The molecule has 1 aromatic rings. The lowest BCUT2D eigenvalue weighted by atomic mass is 10.0. The maximum Gasteiger partial charge on any atom is 0.340 e. The molecule has 2 N–H and O–H groups in total. The average Bonchev–Trinajstić information content (AvgIpc) is 2.90. The lowest BCUT2D eigenvalue weighted by Gasteiger charge is -2.21. The highest BCUT2D eigenvalue weighted by Crippen LogP contribution is 2.30. The van der Waals surface area contributed by atoms with Crippen molar-refractivity contribution in [3.05, 3.63) is 29.3 Å². The first kappa shape index (κ1) is 14.7. The van der Waals surface area contributed by atoms with E-state index in [-0.39, 0.29) is 24.3 Å². The lowest BCUT2D eigenvalue weighted by Crippen LogP contribution is -2.27. The molecule has 0 radical (unpaired) electrons. The zero-order valence-corrected chi connectivity index (χ0v) is 11.2. The smallest absolute Gasteiger partial charge is 0.340 e. The molecule has 0 spiro atoms. The van der Waals surface area contributed by atoms with Gasteiger partial charge in [0, 0.05) is 18.6 Å². The number of nitrogens with one attached hydrogen (secondary N) is 1. The Bertz CT molecular complexity index is 507. The highest BCUT2D eigenvalue weighted by molar-refractivity contribution is 5.90. The minimum absolute atomic E-state index is 0.000466. The number of benzene rings is 1. The largest absolute Gasteiger partial charge is 0.465 e. The molecule has 1 saturated carbocycles. The van der Waals surface area contributed by atoms with Crippen molar-refractivity contribution in [2.45, 2.75) is 25.3 Å². The fraction of sp³-hybridized carbons (Fsp3) is 0.500. The quantitative estimate of drug-likeness (QED) is 0.834. The van der Waals surface area contributed by atoms with Crippen LogP contribution in [0.25, 0.3) is 0 Å². The van der Waals surface area contributed by atoms with Gasteiger partial charge in [-0.15, -0.1) is 0 Å². The van der Waals surface area contributed by atoms with Gasteiger partial charge in [-0.1, -0.05) is 6.42 Å². The van der Waals surface area contributed by atoms with Crippen LogP contribution < -0.4 is 5.32 Å². The molecular formula is C14H17F2NO3. The summed E-state index contributed by atoms with van der Waals surface area (Å²) in [5, 5.41) is 12.1. The normalized spacial score (nSPS) is 21.8. The van der Waals surface area contributed by atoms with Crippen LogP contribution in [0.1, 0.15) is 29.6 Å². The molecule has 1 aromatic carbocycles. The molecule has 4 nitrogen and oxygen atoms in total. The van der Waals surface area contributed by atoms with Crippen LogP contribution in [0.2, 0.25) is 0 Å².